The molecule has 4 rings (SSSR count). The first kappa shape index (κ1) is 17.1. The second kappa shape index (κ2) is 7.14. The van der Waals surface area contributed by atoms with Crippen LogP contribution in [-0.2, 0) is 27.8 Å². The van der Waals surface area contributed by atoms with E-state index in [0.717, 1.165) is 29.9 Å². The number of anilines is 1. The number of hydrogen-bond donors (Lipinski definition) is 0. The van der Waals surface area contributed by atoms with Gasteiger partial charge in [-0.05, 0) is 11.6 Å². The molecule has 26 heavy (non-hydrogen) atoms. The number of benzene rings is 1. The smallest absolute Gasteiger partial charge is 0.236 e. The molecule has 0 aliphatic carbocycles. The molecule has 136 valence electrons. The van der Waals surface area contributed by atoms with Gasteiger partial charge in [0, 0.05) is 36.8 Å². The lowest BCUT2D eigenvalue weighted by Gasteiger charge is -2.26. The van der Waals surface area contributed by atoms with Gasteiger partial charge < -0.3 is 9.64 Å². The molecule has 0 N–H and O–H groups in total. The Labute approximate surface area is 153 Å². The number of rotatable bonds is 4. The molecule has 1 saturated heterocycles. The second-order valence-electron chi connectivity index (χ2n) is 6.27. The van der Waals surface area contributed by atoms with Gasteiger partial charge in [-0.15, -0.1) is 0 Å². The van der Waals surface area contributed by atoms with Crippen molar-refractivity contribution in [2.75, 3.05) is 31.2 Å². The van der Waals surface area contributed by atoms with Crippen molar-refractivity contribution in [1.29, 1.82) is 0 Å². The fourth-order valence-corrected chi connectivity index (χ4v) is 4.15. The minimum atomic E-state index is -3.51. The van der Waals surface area contributed by atoms with Crippen LogP contribution in [0.2, 0.25) is 0 Å². The lowest BCUT2D eigenvalue weighted by Crippen LogP contribution is -2.37. The summed E-state index contributed by atoms with van der Waals surface area (Å²) in [5.41, 5.74) is 2.49. The molecule has 1 aromatic carbocycles. The Morgan fingerprint density at radius 2 is 1.85 bits per heavy atom. The zero-order valence-electron chi connectivity index (χ0n) is 14.3. The summed E-state index contributed by atoms with van der Waals surface area (Å²) in [6, 6.07) is 9.38. The van der Waals surface area contributed by atoms with Gasteiger partial charge in [0.05, 0.1) is 25.5 Å². The lowest BCUT2D eigenvalue weighted by atomic mass is 10.2. The molecule has 0 saturated carbocycles. The van der Waals surface area contributed by atoms with Crippen LogP contribution in [-0.4, -0.2) is 49.0 Å². The Kier molecular flexibility index (Phi) is 4.71. The van der Waals surface area contributed by atoms with Crippen LogP contribution in [0.3, 0.4) is 0 Å². The summed E-state index contributed by atoms with van der Waals surface area (Å²) in [5.74, 6) is 0.645. The minimum Gasteiger partial charge on any atom is -0.378 e. The zero-order valence-corrected chi connectivity index (χ0v) is 15.1. The zero-order chi connectivity index (χ0) is 18.0. The molecule has 0 unspecified atom stereocenters. The lowest BCUT2D eigenvalue weighted by molar-refractivity contribution is 0.122. The summed E-state index contributed by atoms with van der Waals surface area (Å²) in [5, 5.41) is 1.25. The van der Waals surface area contributed by atoms with Gasteiger partial charge in [-0.1, -0.05) is 30.3 Å². The summed E-state index contributed by atoms with van der Waals surface area (Å²) in [7, 11) is -3.51. The molecule has 2 aliphatic heterocycles. The highest BCUT2D eigenvalue weighted by Crippen LogP contribution is 2.26. The Balaban J connectivity index is 1.50. The van der Waals surface area contributed by atoms with E-state index in [-0.39, 0.29) is 6.54 Å². The fraction of sp³-hybridized carbons (Fsp3) is 0.333. The molecule has 0 atom stereocenters. The van der Waals surface area contributed by atoms with E-state index < -0.39 is 10.0 Å². The Morgan fingerprint density at radius 1 is 1.08 bits per heavy atom. The third-order valence-corrected chi connectivity index (χ3v) is 5.96. The van der Waals surface area contributed by atoms with Gasteiger partial charge in [-0.2, -0.15) is 4.31 Å². The molecular weight excluding hydrogens is 352 g/mol. The summed E-state index contributed by atoms with van der Waals surface area (Å²) in [6.07, 6.45) is 3.35. The van der Waals surface area contributed by atoms with Crippen LogP contribution in [0.25, 0.3) is 6.08 Å². The van der Waals surface area contributed by atoms with Gasteiger partial charge in [0.15, 0.2) is 0 Å². The molecule has 1 aromatic heterocycles. The third-order valence-electron chi connectivity index (χ3n) is 4.50. The fourth-order valence-electron chi connectivity index (χ4n) is 3.02. The maximum atomic E-state index is 12.6. The average molecular weight is 372 g/mol. The third kappa shape index (κ3) is 3.62. The molecule has 0 bridgehead atoms. The van der Waals surface area contributed by atoms with E-state index in [4.69, 9.17) is 4.74 Å². The Morgan fingerprint density at radius 3 is 2.62 bits per heavy atom. The van der Waals surface area contributed by atoms with E-state index in [0.29, 0.717) is 25.7 Å². The number of nitrogens with zero attached hydrogens (tertiary/aromatic N) is 4. The predicted octanol–water partition coefficient (Wildman–Crippen LogP) is 1.63. The molecule has 1 fully saturated rings. The van der Waals surface area contributed by atoms with Gasteiger partial charge in [-0.3, -0.25) is 0 Å². The Bertz CT molecular complexity index is 909. The minimum absolute atomic E-state index is 0.274. The quantitative estimate of drug-likeness (QED) is 0.812. The first-order chi connectivity index (χ1) is 12.6. The maximum Gasteiger partial charge on any atom is 0.236 e. The van der Waals surface area contributed by atoms with Gasteiger partial charge >= 0.3 is 0 Å². The van der Waals surface area contributed by atoms with E-state index in [9.17, 15) is 8.42 Å². The van der Waals surface area contributed by atoms with E-state index in [1.165, 1.54) is 9.71 Å². The molecule has 0 amide bonds. The Hall–Kier alpha value is -2.29. The van der Waals surface area contributed by atoms with Crippen molar-refractivity contribution in [1.82, 2.24) is 14.3 Å². The summed E-state index contributed by atoms with van der Waals surface area (Å²) < 4.78 is 32.0. The molecule has 3 heterocycles. The summed E-state index contributed by atoms with van der Waals surface area (Å²) in [6.45, 7) is 3.40. The van der Waals surface area contributed by atoms with E-state index in [1.807, 2.05) is 30.3 Å². The molecule has 2 aromatic rings. The van der Waals surface area contributed by atoms with Crippen molar-refractivity contribution < 1.29 is 13.2 Å². The predicted molar refractivity (Wildman–Crippen MR) is 98.7 cm³/mol. The monoisotopic (exact) mass is 372 g/mol. The number of morpholine rings is 1. The molecule has 8 heteroatoms. The van der Waals surface area contributed by atoms with E-state index in [1.54, 1.807) is 12.3 Å². The van der Waals surface area contributed by atoms with Crippen LogP contribution in [0.1, 0.15) is 16.8 Å². The highest BCUT2D eigenvalue weighted by Gasteiger charge is 2.29. The van der Waals surface area contributed by atoms with E-state index in [2.05, 4.69) is 14.9 Å². The highest BCUT2D eigenvalue weighted by atomic mass is 32.2. The molecule has 0 radical (unpaired) electrons. The number of hydrogen-bond acceptors (Lipinski definition) is 6. The van der Waals surface area contributed by atoms with Crippen LogP contribution in [0.4, 0.5) is 5.95 Å². The SMILES string of the molecule is O=S(=O)(/C=C/c1ccccc1)N1Cc2cnc(N3CCOCC3)nc2C1. The van der Waals surface area contributed by atoms with Crippen LogP contribution >= 0.6 is 0 Å². The summed E-state index contributed by atoms with van der Waals surface area (Å²) >= 11 is 0. The second-order valence-corrected chi connectivity index (χ2v) is 8.09. The van der Waals surface area contributed by atoms with Gasteiger partial charge in [0.2, 0.25) is 16.0 Å². The van der Waals surface area contributed by atoms with Crippen molar-refractivity contribution in [2.24, 2.45) is 0 Å². The maximum absolute atomic E-state index is 12.6. The van der Waals surface area contributed by atoms with Crippen molar-refractivity contribution >= 4 is 22.0 Å². The largest absolute Gasteiger partial charge is 0.378 e. The number of sulfonamides is 1. The number of aromatic nitrogens is 2. The van der Waals surface area contributed by atoms with Crippen LogP contribution < -0.4 is 4.90 Å². The molecule has 2 aliphatic rings. The summed E-state index contributed by atoms with van der Waals surface area (Å²) in [4.78, 5) is 11.1. The van der Waals surface area contributed by atoms with Gasteiger partial charge in [-0.25, -0.2) is 18.4 Å². The van der Waals surface area contributed by atoms with Crippen LogP contribution in [0, 0.1) is 0 Å². The van der Waals surface area contributed by atoms with Crippen molar-refractivity contribution in [3.8, 4) is 0 Å². The normalized spacial score (nSPS) is 18.4. The van der Waals surface area contributed by atoms with Gasteiger partial charge in [0.25, 0.3) is 0 Å². The van der Waals surface area contributed by atoms with Crippen LogP contribution in [0.15, 0.2) is 41.9 Å². The standard InChI is InChI=1S/C18H20N4O3S/c23-26(24,11-6-15-4-2-1-3-5-15)22-13-16-12-19-18(20-17(16)14-22)21-7-9-25-10-8-21/h1-6,11-12H,7-10,13-14H2/b11-6+. The molecule has 7 nitrogen and oxygen atoms in total. The molecule has 0 spiro atoms. The first-order valence-electron chi connectivity index (χ1n) is 8.52. The highest BCUT2D eigenvalue weighted by molar-refractivity contribution is 7.92. The van der Waals surface area contributed by atoms with Gasteiger partial charge in [0.1, 0.15) is 0 Å². The van der Waals surface area contributed by atoms with Crippen molar-refractivity contribution in [3.63, 3.8) is 0 Å². The molecular formula is C18H20N4O3S. The topological polar surface area (TPSA) is 75.6 Å². The van der Waals surface area contributed by atoms with Crippen molar-refractivity contribution in [2.45, 2.75) is 13.1 Å². The first-order valence-corrected chi connectivity index (χ1v) is 10.0. The van der Waals surface area contributed by atoms with Crippen LogP contribution in [0.5, 0.6) is 0 Å². The number of ether oxygens (including phenoxy) is 1. The average Bonchev–Trinajstić information content (AvgIpc) is 3.12. The number of fused-ring (bicyclic) bond motifs is 1. The van der Waals surface area contributed by atoms with Crippen molar-refractivity contribution in [3.05, 3.63) is 58.8 Å². The van der Waals surface area contributed by atoms with E-state index >= 15 is 0 Å².